The number of nitrogens with two attached hydrogens (primary N) is 6. The van der Waals surface area contributed by atoms with Crippen LogP contribution in [0.1, 0.15) is 274 Å². The Morgan fingerprint density at radius 3 is 1.04 bits per heavy atom. The fraction of sp³-hybridized carbons (Fsp3) is 0.900. The molecule has 8 fully saturated rings. The summed E-state index contributed by atoms with van der Waals surface area (Å²) in [6.45, 7) is 20.5. The molecule has 0 bridgehead atoms. The summed E-state index contributed by atoms with van der Waals surface area (Å²) in [5.74, 6) is -0.0125. The maximum atomic E-state index is 13.2. The lowest BCUT2D eigenvalue weighted by Gasteiger charge is -2.64. The molecule has 0 aromatic rings. The summed E-state index contributed by atoms with van der Waals surface area (Å²) in [5.41, 5.74) is 33.5. The smallest absolute Gasteiger partial charge is 0.307 e. The lowest BCUT2D eigenvalue weighted by molar-refractivity contribution is -0.226. The van der Waals surface area contributed by atoms with Crippen LogP contribution in [0.4, 0.5) is 0 Å². The minimum atomic E-state index is -0.371. The molecule has 22 atom stereocenters. The molecule has 0 aliphatic heterocycles. The second kappa shape index (κ2) is 40.5. The highest BCUT2D eigenvalue weighted by Gasteiger charge is 2.70. The second-order valence-electron chi connectivity index (χ2n) is 33.3. The summed E-state index contributed by atoms with van der Waals surface area (Å²) in [6, 6.07) is 0. The van der Waals surface area contributed by atoms with Gasteiger partial charge in [-0.1, -0.05) is 107 Å². The van der Waals surface area contributed by atoms with Gasteiger partial charge >= 0.3 is 47.8 Å². The van der Waals surface area contributed by atoms with Crippen LogP contribution >= 0.6 is 0 Å². The molecule has 0 spiro atoms. The highest BCUT2D eigenvalue weighted by Crippen LogP contribution is 2.72. The van der Waals surface area contributed by atoms with Gasteiger partial charge in [-0.15, -0.1) is 0 Å². The van der Waals surface area contributed by atoms with Crippen LogP contribution in [0.15, 0.2) is 0 Å². The van der Waals surface area contributed by atoms with Gasteiger partial charge in [0.05, 0.1) is 51.7 Å². The van der Waals surface area contributed by atoms with E-state index in [4.69, 9.17) is 72.3 Å². The van der Waals surface area contributed by atoms with Crippen LogP contribution in [0.25, 0.3) is 0 Å². The third kappa shape index (κ3) is 21.0. The molecular weight excluding hydrogens is 1300 g/mol. The summed E-state index contributed by atoms with van der Waals surface area (Å²) in [4.78, 5) is 103. The molecule has 0 saturated heterocycles. The normalized spacial score (nSPS) is 34.7. The number of hydrogen-bond acceptors (Lipinski definition) is 22. The van der Waals surface area contributed by atoms with Crippen molar-refractivity contribution < 1.29 is 76.3 Å². The van der Waals surface area contributed by atoms with E-state index in [1.807, 2.05) is 0 Å². The van der Waals surface area contributed by atoms with E-state index in [0.717, 1.165) is 89.9 Å². The molecular formula is C80H138N6O16. The van der Waals surface area contributed by atoms with Crippen LogP contribution in [-0.2, 0) is 76.3 Å². The Kier molecular flexibility index (Phi) is 33.6. The van der Waals surface area contributed by atoms with Gasteiger partial charge in [-0.3, -0.25) is 38.4 Å². The first-order valence-electron chi connectivity index (χ1n) is 40.5. The molecule has 584 valence electrons. The molecule has 0 aromatic heterocycles. The number of carbonyl (C=O) groups excluding carboxylic acids is 8. The standard InChI is InChI=1S/C41H71N3O8.C39H67N3O8/c1-5-6-7-8-9-10-23-49-35(45)14-11-27(2)30-12-13-31-39-32(26-34(41(30,31)4)52-38(48)18-22-44)40(3)19-15-29(50-36(46)16-20-42)24-28(40)25-33(39)51-37(47)17-21-43;1-5-6-7-8-21-47-33(43)12-9-25(2)28-10-11-29-37-30(24-32(39(28,29)4)50-36(46)16-20-42)38(3)17-13-27(48-34(44)14-18-40)22-26(38)23-31(37)49-35(45)15-19-41/h27-34,39H,5-26,42-44H2,1-4H3;25-32,37H,5-24,40-42H2,1-4H3/t27-,28+,29-,30-,31+,32+,33-,34+,39+,40+,41-;25-,26+,27-,28-,29+,30+,31-,32+,37+,38+,39-/m11/s1. The Bertz CT molecular complexity index is 2690. The van der Waals surface area contributed by atoms with Crippen molar-refractivity contribution in [3.8, 4) is 0 Å². The average molecular weight is 1440 g/mol. The lowest BCUT2D eigenvalue weighted by atomic mass is 9.43. The topological polar surface area (TPSA) is 367 Å². The van der Waals surface area contributed by atoms with Crippen molar-refractivity contribution in [1.82, 2.24) is 0 Å². The van der Waals surface area contributed by atoms with E-state index < -0.39 is 0 Å². The van der Waals surface area contributed by atoms with Crippen molar-refractivity contribution in [2.24, 2.45) is 127 Å². The maximum absolute atomic E-state index is 13.2. The lowest BCUT2D eigenvalue weighted by Crippen LogP contribution is -2.63. The molecule has 102 heavy (non-hydrogen) atoms. The monoisotopic (exact) mass is 1440 g/mol. The fourth-order valence-corrected chi connectivity index (χ4v) is 22.0. The Hall–Kier alpha value is -4.48. The van der Waals surface area contributed by atoms with Gasteiger partial charge in [-0.05, 0) is 186 Å². The molecule has 22 heteroatoms. The summed E-state index contributed by atoms with van der Waals surface area (Å²) in [5, 5.41) is 0. The van der Waals surface area contributed by atoms with E-state index in [1.54, 1.807) is 0 Å². The van der Waals surface area contributed by atoms with Crippen LogP contribution in [0.3, 0.4) is 0 Å². The van der Waals surface area contributed by atoms with Gasteiger partial charge in [-0.25, -0.2) is 0 Å². The maximum Gasteiger partial charge on any atom is 0.307 e. The summed E-state index contributed by atoms with van der Waals surface area (Å²) in [7, 11) is 0. The summed E-state index contributed by atoms with van der Waals surface area (Å²) >= 11 is 0. The van der Waals surface area contributed by atoms with Gasteiger partial charge < -0.3 is 72.3 Å². The number of esters is 8. The van der Waals surface area contributed by atoms with Crippen molar-refractivity contribution in [2.45, 2.75) is 310 Å². The first-order valence-corrected chi connectivity index (χ1v) is 40.5. The SMILES string of the molecule is CCCCCCCCOC(=O)CC[C@@H](C)[C@H]1CC[C@H]2[C@@H]3[C@H](OC(=O)CCN)C[C@@H]4C[C@H](OC(=O)CCN)CC[C@]4(C)[C@H]3C[C@H](OC(=O)CCN)[C@]12C.CCCCCCOC(=O)CC[C@@H](C)[C@H]1CC[C@H]2[C@@H]3[C@H](OC(=O)CCN)C[C@@H]4C[C@H](OC(=O)CCN)CC[C@]4(C)[C@H]3C[C@H](OC(=O)CCN)[C@]12C. The van der Waals surface area contributed by atoms with Crippen molar-refractivity contribution in [3.05, 3.63) is 0 Å². The predicted molar refractivity (Wildman–Crippen MR) is 390 cm³/mol. The molecule has 0 aromatic carbocycles. The first-order chi connectivity index (χ1) is 48.8. The van der Waals surface area contributed by atoms with E-state index in [2.05, 4.69) is 55.4 Å². The largest absolute Gasteiger partial charge is 0.466 e. The van der Waals surface area contributed by atoms with Gasteiger partial charge in [0.15, 0.2) is 0 Å². The zero-order valence-corrected chi connectivity index (χ0v) is 64.1. The molecule has 0 heterocycles. The fourth-order valence-electron chi connectivity index (χ4n) is 22.0. The van der Waals surface area contributed by atoms with Gasteiger partial charge in [0.1, 0.15) is 36.6 Å². The third-order valence-electron chi connectivity index (χ3n) is 27.3. The highest BCUT2D eigenvalue weighted by atomic mass is 16.6. The minimum absolute atomic E-state index is 0.0910. The van der Waals surface area contributed by atoms with Crippen molar-refractivity contribution in [1.29, 1.82) is 0 Å². The molecule has 0 unspecified atom stereocenters. The first kappa shape index (κ1) is 84.8. The number of unbranched alkanes of at least 4 members (excludes halogenated alkanes) is 8. The van der Waals surface area contributed by atoms with Crippen molar-refractivity contribution in [3.63, 3.8) is 0 Å². The molecule has 22 nitrogen and oxygen atoms in total. The van der Waals surface area contributed by atoms with Crippen LogP contribution in [0.2, 0.25) is 0 Å². The summed E-state index contributed by atoms with van der Waals surface area (Å²) in [6.07, 6.45) is 23.8. The van der Waals surface area contributed by atoms with Crippen molar-refractivity contribution in [2.75, 3.05) is 52.5 Å². The van der Waals surface area contributed by atoms with Crippen LogP contribution in [0, 0.1) is 92.7 Å². The second-order valence-corrected chi connectivity index (χ2v) is 33.3. The quantitative estimate of drug-likeness (QED) is 0.0190. The van der Waals surface area contributed by atoms with Gasteiger partial charge in [-0.2, -0.15) is 0 Å². The highest BCUT2D eigenvalue weighted by molar-refractivity contribution is 5.72. The van der Waals surface area contributed by atoms with E-state index in [1.165, 1.54) is 25.7 Å². The minimum Gasteiger partial charge on any atom is -0.466 e. The van der Waals surface area contributed by atoms with E-state index in [0.29, 0.717) is 77.4 Å². The molecule has 8 rings (SSSR count). The Morgan fingerprint density at radius 1 is 0.363 bits per heavy atom. The summed E-state index contributed by atoms with van der Waals surface area (Å²) < 4.78 is 48.6. The number of ether oxygens (including phenoxy) is 8. The number of carbonyl (C=O) groups is 8. The van der Waals surface area contributed by atoms with Gasteiger partial charge in [0.25, 0.3) is 0 Å². The average Bonchev–Trinajstić information content (AvgIpc) is 1.32. The Labute approximate surface area is 611 Å². The Balaban J connectivity index is 0.000000286. The molecule has 0 amide bonds. The molecule has 0 radical (unpaired) electrons. The number of hydrogen-bond donors (Lipinski definition) is 6. The van der Waals surface area contributed by atoms with Crippen molar-refractivity contribution >= 4 is 47.8 Å². The number of rotatable bonds is 38. The van der Waals surface area contributed by atoms with Gasteiger partial charge in [0, 0.05) is 74.8 Å². The van der Waals surface area contributed by atoms with E-state index >= 15 is 0 Å². The Morgan fingerprint density at radius 2 is 0.686 bits per heavy atom. The molecule has 8 aliphatic rings. The van der Waals surface area contributed by atoms with Crippen LogP contribution < -0.4 is 34.4 Å². The van der Waals surface area contributed by atoms with E-state index in [-0.39, 0.29) is 255 Å². The zero-order chi connectivity index (χ0) is 74.4. The zero-order valence-electron chi connectivity index (χ0n) is 64.1. The van der Waals surface area contributed by atoms with Crippen LogP contribution in [-0.4, -0.2) is 137 Å². The van der Waals surface area contributed by atoms with E-state index in [9.17, 15) is 38.4 Å². The molecule has 12 N–H and O–H groups in total. The predicted octanol–water partition coefficient (Wildman–Crippen LogP) is 11.2. The molecule has 8 aliphatic carbocycles. The molecule has 8 saturated carbocycles. The number of fused-ring (bicyclic) bond motifs is 10. The van der Waals surface area contributed by atoms with Crippen LogP contribution in [0.5, 0.6) is 0 Å². The third-order valence-corrected chi connectivity index (χ3v) is 27.3. The van der Waals surface area contributed by atoms with Gasteiger partial charge in [0.2, 0.25) is 0 Å².